The Kier molecular flexibility index (Phi) is 4.28. The molecule has 0 amide bonds. The Hall–Kier alpha value is -0.240. The van der Waals surface area contributed by atoms with Gasteiger partial charge in [0.05, 0.1) is 6.61 Å². The van der Waals surface area contributed by atoms with Crippen LogP contribution in [0.2, 0.25) is 0 Å². The summed E-state index contributed by atoms with van der Waals surface area (Å²) in [5.74, 6) is 0. The van der Waals surface area contributed by atoms with Gasteiger partial charge in [0.1, 0.15) is 30.6 Å². The van der Waals surface area contributed by atoms with E-state index in [0.717, 1.165) is 0 Å². The molecule has 0 aliphatic carbocycles. The maximum Gasteiger partial charge on any atom is 0.134 e. The van der Waals surface area contributed by atoms with E-state index in [2.05, 4.69) is 5.32 Å². The summed E-state index contributed by atoms with van der Waals surface area (Å²) in [4.78, 5) is 0. The minimum atomic E-state index is -1.21. The molecule has 6 heteroatoms. The van der Waals surface area contributed by atoms with Crippen molar-refractivity contribution in [1.29, 1.82) is 0 Å². The van der Waals surface area contributed by atoms with Gasteiger partial charge in [-0.2, -0.15) is 0 Å². The van der Waals surface area contributed by atoms with E-state index >= 15 is 0 Å². The molecule has 1 heterocycles. The molecule has 5 N–H and O–H groups in total. The zero-order chi connectivity index (χ0) is 12.5. The number of aliphatic hydroxyl groups is 4. The van der Waals surface area contributed by atoms with Gasteiger partial charge in [0.25, 0.3) is 0 Å². The maximum absolute atomic E-state index is 9.80. The van der Waals surface area contributed by atoms with Crippen LogP contribution in [0.3, 0.4) is 0 Å². The molecule has 1 unspecified atom stereocenters. The predicted molar refractivity (Wildman–Crippen MR) is 56.7 cm³/mol. The van der Waals surface area contributed by atoms with Crippen molar-refractivity contribution in [2.45, 2.75) is 57.0 Å². The third-order valence-electron chi connectivity index (χ3n) is 2.47. The summed E-state index contributed by atoms with van der Waals surface area (Å²) in [5, 5.41) is 40.7. The number of rotatable bonds is 3. The quantitative estimate of drug-likeness (QED) is 0.369. The van der Waals surface area contributed by atoms with Gasteiger partial charge >= 0.3 is 0 Å². The fourth-order valence-electron chi connectivity index (χ4n) is 1.72. The van der Waals surface area contributed by atoms with Crippen molar-refractivity contribution in [3.63, 3.8) is 0 Å². The van der Waals surface area contributed by atoms with E-state index < -0.39 is 37.3 Å². The average molecular weight is 235 g/mol. The zero-order valence-electron chi connectivity index (χ0n) is 9.79. The molecule has 1 rings (SSSR count). The average Bonchev–Trinajstić information content (AvgIpc) is 2.41. The SMILES string of the molecule is CC(C)(C)NC(O)[C@@H]1O[C@H](CO)[C@@H](O)[C@@H]1O. The van der Waals surface area contributed by atoms with E-state index in [0.29, 0.717) is 0 Å². The molecule has 0 bridgehead atoms. The summed E-state index contributed by atoms with van der Waals surface area (Å²) in [6.45, 7) is 5.18. The lowest BCUT2D eigenvalue weighted by Gasteiger charge is -2.29. The van der Waals surface area contributed by atoms with Crippen molar-refractivity contribution in [3.05, 3.63) is 0 Å². The molecule has 5 atom stereocenters. The number of nitrogens with one attached hydrogen (secondary N) is 1. The van der Waals surface area contributed by atoms with E-state index in [1.807, 2.05) is 20.8 Å². The second-order valence-corrected chi connectivity index (χ2v) is 5.14. The molecular formula is C10H21NO5. The van der Waals surface area contributed by atoms with E-state index in [4.69, 9.17) is 9.84 Å². The van der Waals surface area contributed by atoms with Gasteiger partial charge in [-0.25, -0.2) is 0 Å². The van der Waals surface area contributed by atoms with Gasteiger partial charge in [0.2, 0.25) is 0 Å². The largest absolute Gasteiger partial charge is 0.394 e. The highest BCUT2D eigenvalue weighted by Gasteiger charge is 2.46. The van der Waals surface area contributed by atoms with Gasteiger partial charge < -0.3 is 25.2 Å². The van der Waals surface area contributed by atoms with Gasteiger partial charge in [0.15, 0.2) is 0 Å². The molecule has 1 fully saturated rings. The fraction of sp³-hybridized carbons (Fsp3) is 1.00. The Labute approximate surface area is 94.9 Å². The number of ether oxygens (including phenoxy) is 1. The van der Waals surface area contributed by atoms with Crippen LogP contribution in [-0.2, 0) is 4.74 Å². The molecule has 1 aliphatic rings. The van der Waals surface area contributed by atoms with Crippen molar-refractivity contribution in [3.8, 4) is 0 Å². The Morgan fingerprint density at radius 1 is 1.25 bits per heavy atom. The van der Waals surface area contributed by atoms with Crippen molar-refractivity contribution in [2.24, 2.45) is 0 Å². The van der Waals surface area contributed by atoms with Gasteiger partial charge in [-0.15, -0.1) is 0 Å². The standard InChI is InChI=1S/C10H21NO5/c1-10(2,3)11-9(15)8-7(14)6(13)5(4-12)16-8/h5-9,11-15H,4H2,1-3H3/t5-,6-,7+,8-,9?/m1/s1. The monoisotopic (exact) mass is 235 g/mol. The van der Waals surface area contributed by atoms with Crippen LogP contribution in [0, 0.1) is 0 Å². The van der Waals surface area contributed by atoms with E-state index in [9.17, 15) is 15.3 Å². The molecule has 0 radical (unpaired) electrons. The van der Waals surface area contributed by atoms with E-state index in [1.54, 1.807) is 0 Å². The van der Waals surface area contributed by atoms with Gasteiger partial charge in [-0.1, -0.05) is 0 Å². The molecule has 0 aromatic rings. The lowest BCUT2D eigenvalue weighted by Crippen LogP contribution is -2.52. The molecule has 16 heavy (non-hydrogen) atoms. The van der Waals surface area contributed by atoms with Crippen molar-refractivity contribution in [1.82, 2.24) is 5.32 Å². The maximum atomic E-state index is 9.80. The summed E-state index contributed by atoms with van der Waals surface area (Å²) < 4.78 is 5.18. The Bertz CT molecular complexity index is 230. The minimum absolute atomic E-state index is 0.343. The van der Waals surface area contributed by atoms with Gasteiger partial charge in [-0.3, -0.25) is 5.32 Å². The molecule has 0 spiro atoms. The van der Waals surface area contributed by atoms with Crippen LogP contribution in [0.25, 0.3) is 0 Å². The summed E-state index contributed by atoms with van der Waals surface area (Å²) in [6, 6.07) is 0. The smallest absolute Gasteiger partial charge is 0.134 e. The molecule has 0 aromatic carbocycles. The van der Waals surface area contributed by atoms with Crippen LogP contribution in [0.5, 0.6) is 0 Å². The first-order valence-corrected chi connectivity index (χ1v) is 5.34. The van der Waals surface area contributed by atoms with Crippen LogP contribution in [0.4, 0.5) is 0 Å². The normalized spacial score (nSPS) is 37.7. The molecular weight excluding hydrogens is 214 g/mol. The van der Waals surface area contributed by atoms with Crippen LogP contribution in [-0.4, -0.2) is 63.2 Å². The minimum Gasteiger partial charge on any atom is -0.394 e. The molecule has 0 aromatic heterocycles. The first kappa shape index (κ1) is 13.8. The van der Waals surface area contributed by atoms with Crippen LogP contribution in [0.15, 0.2) is 0 Å². The topological polar surface area (TPSA) is 102 Å². The second-order valence-electron chi connectivity index (χ2n) is 5.14. The molecule has 0 saturated carbocycles. The molecule has 6 nitrogen and oxygen atoms in total. The molecule has 1 saturated heterocycles. The summed E-state index contributed by atoms with van der Waals surface area (Å²) >= 11 is 0. The van der Waals surface area contributed by atoms with Gasteiger partial charge in [0, 0.05) is 5.54 Å². The fourth-order valence-corrected chi connectivity index (χ4v) is 1.72. The Morgan fingerprint density at radius 2 is 1.81 bits per heavy atom. The lowest BCUT2D eigenvalue weighted by atomic mass is 10.0. The van der Waals surface area contributed by atoms with Crippen molar-refractivity contribution in [2.75, 3.05) is 6.61 Å². The predicted octanol–water partition coefficient (Wildman–Crippen LogP) is -1.83. The van der Waals surface area contributed by atoms with E-state index in [-0.39, 0.29) is 5.54 Å². The van der Waals surface area contributed by atoms with Crippen LogP contribution >= 0.6 is 0 Å². The van der Waals surface area contributed by atoms with Crippen LogP contribution in [0.1, 0.15) is 20.8 Å². The zero-order valence-corrected chi connectivity index (χ0v) is 9.79. The molecule has 1 aliphatic heterocycles. The highest BCUT2D eigenvalue weighted by molar-refractivity contribution is 4.94. The number of hydrogen-bond donors (Lipinski definition) is 5. The summed E-state index contributed by atoms with van der Waals surface area (Å²) in [6.07, 6.45) is -5.27. The first-order chi connectivity index (χ1) is 7.26. The number of hydrogen-bond acceptors (Lipinski definition) is 6. The lowest BCUT2D eigenvalue weighted by molar-refractivity contribution is -0.0918. The Morgan fingerprint density at radius 3 is 2.19 bits per heavy atom. The number of aliphatic hydroxyl groups excluding tert-OH is 4. The molecule has 96 valence electrons. The van der Waals surface area contributed by atoms with Crippen LogP contribution < -0.4 is 5.32 Å². The van der Waals surface area contributed by atoms with Crippen molar-refractivity contribution >= 4 is 0 Å². The Balaban J connectivity index is 2.61. The third kappa shape index (κ3) is 3.13. The van der Waals surface area contributed by atoms with E-state index in [1.165, 1.54) is 0 Å². The summed E-state index contributed by atoms with van der Waals surface area (Å²) in [5.41, 5.74) is -0.343. The highest BCUT2D eigenvalue weighted by atomic mass is 16.6. The highest BCUT2D eigenvalue weighted by Crippen LogP contribution is 2.23. The second kappa shape index (κ2) is 4.95. The van der Waals surface area contributed by atoms with Crippen molar-refractivity contribution < 1.29 is 25.2 Å². The third-order valence-corrected chi connectivity index (χ3v) is 2.47. The van der Waals surface area contributed by atoms with Gasteiger partial charge in [-0.05, 0) is 20.8 Å². The first-order valence-electron chi connectivity index (χ1n) is 5.34. The summed E-state index contributed by atoms with van der Waals surface area (Å²) in [7, 11) is 0.